The minimum absolute atomic E-state index is 0.0345. The first kappa shape index (κ1) is 14.0. The molecule has 100 valence electrons. The van der Waals surface area contributed by atoms with Crippen molar-refractivity contribution in [2.24, 2.45) is 5.73 Å². The molecule has 0 bridgehead atoms. The van der Waals surface area contributed by atoms with Gasteiger partial charge in [0.1, 0.15) is 6.54 Å². The quantitative estimate of drug-likeness (QED) is 0.583. The van der Waals surface area contributed by atoms with E-state index in [4.69, 9.17) is 16.2 Å². The second-order valence-corrected chi connectivity index (χ2v) is 3.92. The number of amides is 2. The molecule has 8 nitrogen and oxygen atoms in total. The van der Waals surface area contributed by atoms with Crippen LogP contribution < -0.4 is 16.8 Å². The van der Waals surface area contributed by atoms with Crippen molar-refractivity contribution in [1.82, 2.24) is 15.1 Å². The Balaban J connectivity index is 2.59. The summed E-state index contributed by atoms with van der Waals surface area (Å²) in [6, 6.07) is -0.106. The smallest absolute Gasteiger partial charge is 0.271 e. The van der Waals surface area contributed by atoms with Gasteiger partial charge in [0.05, 0.1) is 12.3 Å². The standard InChI is InChI=1S/C10H17N5O3/c1-6(5-18-2)13-8(16)4-15-3-7(11)9(14-15)10(12)17/h3,6H,4-5,11H2,1-2H3,(H2,12,17)(H,13,16). The van der Waals surface area contributed by atoms with Gasteiger partial charge in [-0.25, -0.2) is 0 Å². The van der Waals surface area contributed by atoms with Gasteiger partial charge in [0.25, 0.3) is 5.91 Å². The number of nitrogen functional groups attached to an aromatic ring is 1. The minimum Gasteiger partial charge on any atom is -0.396 e. The number of primary amides is 1. The fourth-order valence-corrected chi connectivity index (χ4v) is 1.47. The number of nitrogens with two attached hydrogens (primary N) is 2. The summed E-state index contributed by atoms with van der Waals surface area (Å²) in [6.07, 6.45) is 1.39. The molecular weight excluding hydrogens is 238 g/mol. The molecule has 0 saturated carbocycles. The van der Waals surface area contributed by atoms with Crippen molar-refractivity contribution in [2.75, 3.05) is 19.5 Å². The lowest BCUT2D eigenvalue weighted by Gasteiger charge is -2.12. The summed E-state index contributed by atoms with van der Waals surface area (Å²) in [5.41, 5.74) is 10.7. The van der Waals surface area contributed by atoms with Gasteiger partial charge in [0, 0.05) is 19.3 Å². The molecule has 5 N–H and O–H groups in total. The summed E-state index contributed by atoms with van der Waals surface area (Å²) in [7, 11) is 1.55. The second kappa shape index (κ2) is 6.01. The Kier molecular flexibility index (Phi) is 4.67. The van der Waals surface area contributed by atoms with Crippen LogP contribution in [0.3, 0.4) is 0 Å². The molecule has 0 aliphatic rings. The number of rotatable bonds is 6. The minimum atomic E-state index is -0.723. The molecule has 1 unspecified atom stereocenters. The van der Waals surface area contributed by atoms with E-state index in [0.29, 0.717) is 6.61 Å². The third-order valence-electron chi connectivity index (χ3n) is 2.15. The van der Waals surface area contributed by atoms with Crippen LogP contribution in [-0.4, -0.2) is 41.4 Å². The second-order valence-electron chi connectivity index (χ2n) is 3.92. The van der Waals surface area contributed by atoms with Crippen molar-refractivity contribution in [2.45, 2.75) is 19.5 Å². The SMILES string of the molecule is COCC(C)NC(=O)Cn1cc(N)c(C(N)=O)n1. The molecule has 1 aromatic rings. The van der Waals surface area contributed by atoms with Gasteiger partial charge in [0.15, 0.2) is 5.69 Å². The van der Waals surface area contributed by atoms with Crippen molar-refractivity contribution in [3.63, 3.8) is 0 Å². The monoisotopic (exact) mass is 255 g/mol. The normalized spacial score (nSPS) is 12.1. The number of methoxy groups -OCH3 is 1. The average Bonchev–Trinajstić information content (AvgIpc) is 2.59. The molecule has 0 saturated heterocycles. The van der Waals surface area contributed by atoms with E-state index < -0.39 is 5.91 Å². The molecule has 0 aliphatic heterocycles. The molecule has 2 amide bonds. The average molecular weight is 255 g/mol. The van der Waals surface area contributed by atoms with Gasteiger partial charge < -0.3 is 21.5 Å². The van der Waals surface area contributed by atoms with Crippen LogP contribution in [0.4, 0.5) is 5.69 Å². The molecule has 8 heteroatoms. The van der Waals surface area contributed by atoms with Crippen LogP contribution in [0.2, 0.25) is 0 Å². The zero-order valence-corrected chi connectivity index (χ0v) is 10.3. The first-order valence-electron chi connectivity index (χ1n) is 5.35. The zero-order chi connectivity index (χ0) is 13.7. The van der Waals surface area contributed by atoms with Crippen LogP contribution in [0.5, 0.6) is 0 Å². The highest BCUT2D eigenvalue weighted by Gasteiger charge is 2.14. The highest BCUT2D eigenvalue weighted by molar-refractivity contribution is 5.95. The molecule has 1 heterocycles. The van der Waals surface area contributed by atoms with E-state index in [1.807, 2.05) is 6.92 Å². The Hall–Kier alpha value is -2.09. The summed E-state index contributed by atoms with van der Waals surface area (Å²) in [4.78, 5) is 22.5. The molecule has 0 spiro atoms. The summed E-state index contributed by atoms with van der Waals surface area (Å²) >= 11 is 0. The van der Waals surface area contributed by atoms with Crippen LogP contribution in [-0.2, 0) is 16.1 Å². The fourth-order valence-electron chi connectivity index (χ4n) is 1.47. The Morgan fingerprint density at radius 2 is 2.28 bits per heavy atom. The number of nitrogens with zero attached hydrogens (tertiary/aromatic N) is 2. The van der Waals surface area contributed by atoms with Crippen molar-refractivity contribution in [3.8, 4) is 0 Å². The molecule has 18 heavy (non-hydrogen) atoms. The fraction of sp³-hybridized carbons (Fsp3) is 0.500. The van der Waals surface area contributed by atoms with Crippen LogP contribution in [0.15, 0.2) is 6.20 Å². The molecule has 0 fully saturated rings. The largest absolute Gasteiger partial charge is 0.396 e. The van der Waals surface area contributed by atoms with E-state index in [1.54, 1.807) is 7.11 Å². The summed E-state index contributed by atoms with van der Waals surface area (Å²) in [5, 5.41) is 6.53. The van der Waals surface area contributed by atoms with Crippen molar-refractivity contribution in [3.05, 3.63) is 11.9 Å². The van der Waals surface area contributed by atoms with Crippen LogP contribution in [0.25, 0.3) is 0 Å². The molecule has 0 aromatic carbocycles. The third kappa shape index (κ3) is 3.74. The number of hydrogen-bond acceptors (Lipinski definition) is 5. The third-order valence-corrected chi connectivity index (χ3v) is 2.15. The van der Waals surface area contributed by atoms with E-state index >= 15 is 0 Å². The molecule has 1 atom stereocenters. The van der Waals surface area contributed by atoms with Gasteiger partial charge >= 0.3 is 0 Å². The van der Waals surface area contributed by atoms with Gasteiger partial charge in [-0.2, -0.15) is 5.10 Å². The first-order valence-corrected chi connectivity index (χ1v) is 5.35. The maximum Gasteiger partial charge on any atom is 0.271 e. The highest BCUT2D eigenvalue weighted by atomic mass is 16.5. The zero-order valence-electron chi connectivity index (χ0n) is 10.3. The number of nitrogens with one attached hydrogen (secondary N) is 1. The number of hydrogen-bond donors (Lipinski definition) is 3. The van der Waals surface area contributed by atoms with Gasteiger partial charge in [-0.1, -0.05) is 0 Å². The van der Waals surface area contributed by atoms with Gasteiger partial charge in [0.2, 0.25) is 5.91 Å². The number of carbonyl (C=O) groups is 2. The van der Waals surface area contributed by atoms with Gasteiger partial charge in [-0.15, -0.1) is 0 Å². The molecule has 0 aliphatic carbocycles. The maximum atomic E-state index is 11.6. The van der Waals surface area contributed by atoms with Crippen LogP contribution >= 0.6 is 0 Å². The maximum absolute atomic E-state index is 11.6. The number of ether oxygens (including phenoxy) is 1. The lowest BCUT2D eigenvalue weighted by molar-refractivity contribution is -0.122. The molecular formula is C10H17N5O3. The highest BCUT2D eigenvalue weighted by Crippen LogP contribution is 2.07. The van der Waals surface area contributed by atoms with E-state index in [-0.39, 0.29) is 29.9 Å². The summed E-state index contributed by atoms with van der Waals surface area (Å²) in [6.45, 7) is 2.19. The van der Waals surface area contributed by atoms with Crippen LogP contribution in [0.1, 0.15) is 17.4 Å². The molecule has 1 aromatic heterocycles. The lowest BCUT2D eigenvalue weighted by atomic mass is 10.3. The Bertz CT molecular complexity index is 443. The molecule has 1 rings (SSSR count). The van der Waals surface area contributed by atoms with E-state index in [0.717, 1.165) is 0 Å². The lowest BCUT2D eigenvalue weighted by Crippen LogP contribution is -2.37. The van der Waals surface area contributed by atoms with E-state index in [9.17, 15) is 9.59 Å². The first-order chi connectivity index (χ1) is 8.43. The summed E-state index contributed by atoms with van der Waals surface area (Å²) < 4.78 is 6.16. The summed E-state index contributed by atoms with van der Waals surface area (Å²) in [5.74, 6) is -0.975. The Morgan fingerprint density at radius 1 is 1.61 bits per heavy atom. The van der Waals surface area contributed by atoms with Gasteiger partial charge in [-0.05, 0) is 6.92 Å². The number of aromatic nitrogens is 2. The predicted molar refractivity (Wildman–Crippen MR) is 64.6 cm³/mol. The Labute approximate surface area is 104 Å². The number of carbonyl (C=O) groups excluding carboxylic acids is 2. The topological polar surface area (TPSA) is 125 Å². The Morgan fingerprint density at radius 3 is 2.78 bits per heavy atom. The van der Waals surface area contributed by atoms with Crippen molar-refractivity contribution in [1.29, 1.82) is 0 Å². The van der Waals surface area contributed by atoms with E-state index in [1.165, 1.54) is 10.9 Å². The predicted octanol–water partition coefficient (Wildman–Crippen LogP) is -1.28. The molecule has 0 radical (unpaired) electrons. The van der Waals surface area contributed by atoms with Crippen molar-refractivity contribution < 1.29 is 14.3 Å². The van der Waals surface area contributed by atoms with Gasteiger partial charge in [-0.3, -0.25) is 14.3 Å². The van der Waals surface area contributed by atoms with E-state index in [2.05, 4.69) is 10.4 Å². The number of anilines is 1. The van der Waals surface area contributed by atoms with Crippen LogP contribution in [0, 0.1) is 0 Å². The van der Waals surface area contributed by atoms with Crippen molar-refractivity contribution >= 4 is 17.5 Å².